The Bertz CT molecular complexity index is 408. The van der Waals surface area contributed by atoms with Crippen LogP contribution >= 0.6 is 0 Å². The SMILES string of the molecule is COc1ccc(CNC2CCCCCC2O)cc1O. The molecular weight excluding hydrogens is 242 g/mol. The average molecular weight is 265 g/mol. The summed E-state index contributed by atoms with van der Waals surface area (Å²) >= 11 is 0. The molecule has 0 spiro atoms. The van der Waals surface area contributed by atoms with Crippen LogP contribution in [0.2, 0.25) is 0 Å². The molecule has 0 amide bonds. The van der Waals surface area contributed by atoms with E-state index in [1.807, 2.05) is 6.07 Å². The molecule has 2 atom stereocenters. The van der Waals surface area contributed by atoms with Crippen molar-refractivity contribution in [2.75, 3.05) is 7.11 Å². The Morgan fingerprint density at radius 1 is 1.26 bits per heavy atom. The van der Waals surface area contributed by atoms with Crippen LogP contribution in [0.5, 0.6) is 11.5 Å². The topological polar surface area (TPSA) is 61.7 Å². The minimum Gasteiger partial charge on any atom is -0.504 e. The second kappa shape index (κ2) is 6.78. The van der Waals surface area contributed by atoms with Gasteiger partial charge in [0, 0.05) is 12.6 Å². The summed E-state index contributed by atoms with van der Waals surface area (Å²) in [6.07, 6.45) is 5.13. The molecule has 4 heteroatoms. The normalized spacial score (nSPS) is 23.9. The second-order valence-corrected chi connectivity index (χ2v) is 5.20. The fraction of sp³-hybridized carbons (Fsp3) is 0.600. The van der Waals surface area contributed by atoms with Crippen molar-refractivity contribution in [3.63, 3.8) is 0 Å². The van der Waals surface area contributed by atoms with Crippen LogP contribution in [0.15, 0.2) is 18.2 Å². The van der Waals surface area contributed by atoms with Gasteiger partial charge in [-0.1, -0.05) is 25.3 Å². The van der Waals surface area contributed by atoms with Gasteiger partial charge in [-0.25, -0.2) is 0 Å². The molecule has 1 aliphatic carbocycles. The molecule has 2 rings (SSSR count). The quantitative estimate of drug-likeness (QED) is 0.730. The van der Waals surface area contributed by atoms with Gasteiger partial charge in [0.15, 0.2) is 11.5 Å². The largest absolute Gasteiger partial charge is 0.504 e. The summed E-state index contributed by atoms with van der Waals surface area (Å²) in [5.74, 6) is 0.640. The van der Waals surface area contributed by atoms with Crippen LogP contribution in [0.3, 0.4) is 0 Å². The van der Waals surface area contributed by atoms with Crippen molar-refractivity contribution >= 4 is 0 Å². The van der Waals surface area contributed by atoms with E-state index < -0.39 is 0 Å². The first kappa shape index (κ1) is 14.2. The van der Waals surface area contributed by atoms with E-state index >= 15 is 0 Å². The van der Waals surface area contributed by atoms with Crippen molar-refractivity contribution in [3.8, 4) is 11.5 Å². The van der Waals surface area contributed by atoms with Crippen molar-refractivity contribution in [2.45, 2.75) is 50.8 Å². The number of hydrogen-bond acceptors (Lipinski definition) is 4. The molecule has 1 aromatic carbocycles. The number of nitrogens with one attached hydrogen (secondary N) is 1. The Balaban J connectivity index is 1.92. The zero-order valence-electron chi connectivity index (χ0n) is 11.4. The minimum atomic E-state index is -0.255. The van der Waals surface area contributed by atoms with Crippen molar-refractivity contribution in [1.29, 1.82) is 0 Å². The highest BCUT2D eigenvalue weighted by Crippen LogP contribution is 2.26. The van der Waals surface area contributed by atoms with Crippen LogP contribution < -0.4 is 10.1 Å². The fourth-order valence-corrected chi connectivity index (χ4v) is 2.62. The van der Waals surface area contributed by atoms with Gasteiger partial charge in [-0.2, -0.15) is 0 Å². The number of rotatable bonds is 4. The number of phenols is 1. The van der Waals surface area contributed by atoms with Crippen LogP contribution in [0.4, 0.5) is 0 Å². The standard InChI is InChI=1S/C15H23NO3/c1-19-15-8-7-11(9-14(15)18)10-16-12-5-3-2-4-6-13(12)17/h7-9,12-13,16-18H,2-6,10H2,1H3. The number of phenolic OH excluding ortho intramolecular Hbond substituents is 1. The van der Waals surface area contributed by atoms with E-state index in [1.54, 1.807) is 12.1 Å². The molecule has 19 heavy (non-hydrogen) atoms. The summed E-state index contributed by atoms with van der Waals surface area (Å²) in [7, 11) is 1.54. The van der Waals surface area contributed by atoms with Crippen LogP contribution in [-0.4, -0.2) is 29.5 Å². The number of aromatic hydroxyl groups is 1. The van der Waals surface area contributed by atoms with Gasteiger partial charge in [0.2, 0.25) is 0 Å². The van der Waals surface area contributed by atoms with E-state index in [0.29, 0.717) is 12.3 Å². The van der Waals surface area contributed by atoms with Gasteiger partial charge in [0.1, 0.15) is 0 Å². The zero-order valence-corrected chi connectivity index (χ0v) is 11.4. The summed E-state index contributed by atoms with van der Waals surface area (Å²) < 4.78 is 5.02. The summed E-state index contributed by atoms with van der Waals surface area (Å²) in [5, 5.41) is 23.1. The second-order valence-electron chi connectivity index (χ2n) is 5.20. The highest BCUT2D eigenvalue weighted by molar-refractivity contribution is 5.41. The Morgan fingerprint density at radius 3 is 2.79 bits per heavy atom. The van der Waals surface area contributed by atoms with Gasteiger partial charge < -0.3 is 20.3 Å². The predicted molar refractivity (Wildman–Crippen MR) is 74.4 cm³/mol. The molecule has 2 unspecified atom stereocenters. The lowest BCUT2D eigenvalue weighted by Crippen LogP contribution is -2.38. The molecule has 1 saturated carbocycles. The zero-order chi connectivity index (χ0) is 13.7. The molecular formula is C15H23NO3. The first-order chi connectivity index (χ1) is 9.20. The molecule has 1 aromatic rings. The third-order valence-electron chi connectivity index (χ3n) is 3.79. The maximum absolute atomic E-state index is 10.0. The number of ether oxygens (including phenoxy) is 1. The van der Waals surface area contributed by atoms with E-state index in [4.69, 9.17) is 4.74 Å². The molecule has 0 heterocycles. The fourth-order valence-electron chi connectivity index (χ4n) is 2.62. The third-order valence-corrected chi connectivity index (χ3v) is 3.79. The Hall–Kier alpha value is -1.26. The van der Waals surface area contributed by atoms with Gasteiger partial charge in [-0.3, -0.25) is 0 Å². The molecule has 0 aromatic heterocycles. The molecule has 106 valence electrons. The molecule has 3 N–H and O–H groups in total. The maximum atomic E-state index is 10.0. The van der Waals surface area contributed by atoms with Crippen molar-refractivity contribution in [2.24, 2.45) is 0 Å². The molecule has 4 nitrogen and oxygen atoms in total. The highest BCUT2D eigenvalue weighted by atomic mass is 16.5. The summed E-state index contributed by atoms with van der Waals surface area (Å²) in [4.78, 5) is 0. The van der Waals surface area contributed by atoms with Crippen molar-refractivity contribution < 1.29 is 14.9 Å². The van der Waals surface area contributed by atoms with Gasteiger partial charge >= 0.3 is 0 Å². The Morgan fingerprint density at radius 2 is 2.05 bits per heavy atom. The van der Waals surface area contributed by atoms with Gasteiger partial charge in [0.25, 0.3) is 0 Å². The van der Waals surface area contributed by atoms with Crippen LogP contribution in [0.1, 0.15) is 37.7 Å². The molecule has 0 radical (unpaired) electrons. The Kier molecular flexibility index (Phi) is 5.05. The van der Waals surface area contributed by atoms with Crippen molar-refractivity contribution in [1.82, 2.24) is 5.32 Å². The summed E-state index contributed by atoms with van der Waals surface area (Å²) in [5.41, 5.74) is 0.995. The smallest absolute Gasteiger partial charge is 0.160 e. The molecule has 1 fully saturated rings. The number of hydrogen-bond donors (Lipinski definition) is 3. The van der Waals surface area contributed by atoms with Gasteiger partial charge in [-0.05, 0) is 30.5 Å². The van der Waals surface area contributed by atoms with Gasteiger partial charge in [-0.15, -0.1) is 0 Å². The highest BCUT2D eigenvalue weighted by Gasteiger charge is 2.20. The van der Waals surface area contributed by atoms with E-state index in [0.717, 1.165) is 24.8 Å². The predicted octanol–water partition coefficient (Wildman–Crippen LogP) is 2.18. The van der Waals surface area contributed by atoms with E-state index in [-0.39, 0.29) is 17.9 Å². The third kappa shape index (κ3) is 3.85. The maximum Gasteiger partial charge on any atom is 0.160 e. The molecule has 0 bridgehead atoms. The lowest BCUT2D eigenvalue weighted by atomic mass is 10.1. The number of benzene rings is 1. The average Bonchev–Trinajstić information content (AvgIpc) is 2.61. The van der Waals surface area contributed by atoms with Crippen molar-refractivity contribution in [3.05, 3.63) is 23.8 Å². The first-order valence-corrected chi connectivity index (χ1v) is 6.98. The van der Waals surface area contributed by atoms with E-state index in [9.17, 15) is 10.2 Å². The van der Waals surface area contributed by atoms with E-state index in [2.05, 4.69) is 5.32 Å². The van der Waals surface area contributed by atoms with Crippen LogP contribution in [0, 0.1) is 0 Å². The number of methoxy groups -OCH3 is 1. The van der Waals surface area contributed by atoms with E-state index in [1.165, 1.54) is 20.0 Å². The molecule has 0 aliphatic heterocycles. The summed E-state index contributed by atoms with van der Waals surface area (Å²) in [6, 6.07) is 5.55. The lowest BCUT2D eigenvalue weighted by Gasteiger charge is -2.22. The van der Waals surface area contributed by atoms with Crippen LogP contribution in [-0.2, 0) is 6.54 Å². The molecule has 1 aliphatic rings. The first-order valence-electron chi connectivity index (χ1n) is 6.98. The number of aliphatic hydroxyl groups excluding tert-OH is 1. The molecule has 0 saturated heterocycles. The van der Waals surface area contributed by atoms with Crippen LogP contribution in [0.25, 0.3) is 0 Å². The lowest BCUT2D eigenvalue weighted by molar-refractivity contribution is 0.119. The Labute approximate surface area is 114 Å². The monoisotopic (exact) mass is 265 g/mol. The summed E-state index contributed by atoms with van der Waals surface area (Å²) in [6.45, 7) is 0.652. The van der Waals surface area contributed by atoms with Gasteiger partial charge in [0.05, 0.1) is 13.2 Å². The number of aliphatic hydroxyl groups is 1. The minimum absolute atomic E-state index is 0.156.